The van der Waals surface area contributed by atoms with Crippen LogP contribution in [0, 0.1) is 12.8 Å². The van der Waals surface area contributed by atoms with Gasteiger partial charge in [-0.3, -0.25) is 4.79 Å². The van der Waals surface area contributed by atoms with Crippen molar-refractivity contribution in [1.82, 2.24) is 4.31 Å². The fraction of sp³-hybridized carbons (Fsp3) is 0.462. The highest BCUT2D eigenvalue weighted by Crippen LogP contribution is 2.29. The van der Waals surface area contributed by atoms with Crippen LogP contribution >= 0.6 is 11.6 Å². The molecule has 0 aliphatic carbocycles. The average Bonchev–Trinajstić information content (AvgIpc) is 2.90. The van der Waals surface area contributed by atoms with Crippen molar-refractivity contribution >= 4 is 27.6 Å². The number of carboxylic acid groups (broad SMARTS) is 1. The molecule has 0 radical (unpaired) electrons. The van der Waals surface area contributed by atoms with E-state index in [1.54, 1.807) is 19.1 Å². The Labute approximate surface area is 128 Å². The molecule has 2 atom stereocenters. The average molecular weight is 334 g/mol. The molecular formula is C13H16ClNO5S. The highest BCUT2D eigenvalue weighted by Gasteiger charge is 2.41. The van der Waals surface area contributed by atoms with Crippen molar-refractivity contribution in [3.8, 4) is 0 Å². The molecule has 6 nitrogen and oxygen atoms in total. The molecule has 0 saturated carbocycles. The molecule has 1 aromatic rings. The second-order valence-electron chi connectivity index (χ2n) is 4.93. The largest absolute Gasteiger partial charge is 0.481 e. The molecule has 21 heavy (non-hydrogen) atoms. The number of hydrogen-bond donors (Lipinski definition) is 1. The topological polar surface area (TPSA) is 83.9 Å². The fourth-order valence-corrected chi connectivity index (χ4v) is 4.19. The third-order valence-electron chi connectivity index (χ3n) is 3.71. The number of ether oxygens (including phenoxy) is 1. The maximum Gasteiger partial charge on any atom is 0.310 e. The van der Waals surface area contributed by atoms with Crippen molar-refractivity contribution in [2.24, 2.45) is 5.92 Å². The number of sulfonamides is 1. The van der Waals surface area contributed by atoms with Crippen molar-refractivity contribution in [2.45, 2.75) is 17.9 Å². The molecule has 1 fully saturated rings. The van der Waals surface area contributed by atoms with Gasteiger partial charge in [-0.15, -0.1) is 0 Å². The van der Waals surface area contributed by atoms with Crippen LogP contribution in [-0.4, -0.2) is 50.1 Å². The summed E-state index contributed by atoms with van der Waals surface area (Å²) in [6.45, 7) is 1.68. The summed E-state index contributed by atoms with van der Waals surface area (Å²) in [4.78, 5) is 11.3. The van der Waals surface area contributed by atoms with E-state index in [1.165, 1.54) is 13.1 Å². The van der Waals surface area contributed by atoms with Gasteiger partial charge in [0.25, 0.3) is 0 Å². The van der Waals surface area contributed by atoms with E-state index in [0.29, 0.717) is 10.6 Å². The van der Waals surface area contributed by atoms with E-state index >= 15 is 0 Å². The van der Waals surface area contributed by atoms with E-state index in [1.807, 2.05) is 0 Å². The zero-order valence-corrected chi connectivity index (χ0v) is 13.2. The third kappa shape index (κ3) is 2.91. The predicted octanol–water partition coefficient (Wildman–Crippen LogP) is 1.37. The summed E-state index contributed by atoms with van der Waals surface area (Å²) in [5, 5.41) is 9.49. The van der Waals surface area contributed by atoms with Crippen LogP contribution < -0.4 is 0 Å². The van der Waals surface area contributed by atoms with E-state index in [9.17, 15) is 13.2 Å². The maximum absolute atomic E-state index is 12.7. The summed E-state index contributed by atoms with van der Waals surface area (Å²) >= 11 is 5.96. The van der Waals surface area contributed by atoms with Crippen LogP contribution in [0.1, 0.15) is 5.56 Å². The number of benzene rings is 1. The van der Waals surface area contributed by atoms with Crippen molar-refractivity contribution in [3.63, 3.8) is 0 Å². The summed E-state index contributed by atoms with van der Waals surface area (Å²) in [6, 6.07) is 3.88. The number of hydrogen-bond acceptors (Lipinski definition) is 4. The van der Waals surface area contributed by atoms with Gasteiger partial charge >= 0.3 is 5.97 Å². The second-order valence-corrected chi connectivity index (χ2v) is 7.31. The van der Waals surface area contributed by atoms with Gasteiger partial charge in [0, 0.05) is 12.1 Å². The lowest BCUT2D eigenvalue weighted by molar-refractivity contribution is -0.142. The maximum atomic E-state index is 12.7. The molecule has 1 aliphatic rings. The van der Waals surface area contributed by atoms with E-state index in [-0.39, 0.29) is 18.1 Å². The molecule has 1 N–H and O–H groups in total. The summed E-state index contributed by atoms with van der Waals surface area (Å²) in [5.41, 5.74) is 0.441. The Balaban J connectivity index is 2.39. The smallest absolute Gasteiger partial charge is 0.310 e. The lowest BCUT2D eigenvalue weighted by Crippen LogP contribution is -2.44. The minimum absolute atomic E-state index is 0.00832. The zero-order chi connectivity index (χ0) is 15.8. The van der Waals surface area contributed by atoms with Gasteiger partial charge in [-0.1, -0.05) is 17.7 Å². The lowest BCUT2D eigenvalue weighted by atomic mass is 10.1. The highest BCUT2D eigenvalue weighted by atomic mass is 35.5. The zero-order valence-electron chi connectivity index (χ0n) is 11.6. The van der Waals surface area contributed by atoms with Crippen LogP contribution in [-0.2, 0) is 19.6 Å². The molecule has 2 unspecified atom stereocenters. The van der Waals surface area contributed by atoms with Gasteiger partial charge in [-0.2, -0.15) is 4.31 Å². The molecule has 116 valence electrons. The van der Waals surface area contributed by atoms with Gasteiger partial charge in [-0.05, 0) is 24.6 Å². The molecule has 0 amide bonds. The van der Waals surface area contributed by atoms with E-state index in [2.05, 4.69) is 0 Å². The van der Waals surface area contributed by atoms with Crippen molar-refractivity contribution < 1.29 is 23.1 Å². The molecule has 0 aromatic heterocycles. The fourth-order valence-electron chi connectivity index (χ4n) is 2.34. The number of carboxylic acids is 1. The van der Waals surface area contributed by atoms with E-state index in [0.717, 1.165) is 4.31 Å². The van der Waals surface area contributed by atoms with Crippen LogP contribution in [0.15, 0.2) is 23.1 Å². The van der Waals surface area contributed by atoms with Gasteiger partial charge < -0.3 is 9.84 Å². The summed E-state index contributed by atoms with van der Waals surface area (Å²) < 4.78 is 31.5. The van der Waals surface area contributed by atoms with Crippen LogP contribution in [0.2, 0.25) is 5.02 Å². The quantitative estimate of drug-likeness (QED) is 0.899. The van der Waals surface area contributed by atoms with Gasteiger partial charge in [0.2, 0.25) is 10.0 Å². The molecular weight excluding hydrogens is 318 g/mol. The highest BCUT2D eigenvalue weighted by molar-refractivity contribution is 7.89. The summed E-state index contributed by atoms with van der Waals surface area (Å²) in [7, 11) is -2.47. The molecule has 1 saturated heterocycles. The first-order valence-corrected chi connectivity index (χ1v) is 8.12. The Bertz CT molecular complexity index is 661. The number of carbonyl (C=O) groups is 1. The molecule has 8 heteroatoms. The molecule has 2 rings (SSSR count). The molecule has 0 spiro atoms. The minimum atomic E-state index is -3.84. The molecule has 1 aromatic carbocycles. The lowest BCUT2D eigenvalue weighted by Gasteiger charge is -2.26. The Hall–Kier alpha value is -1.15. The molecule has 1 heterocycles. The molecule has 1 aliphatic heterocycles. The van der Waals surface area contributed by atoms with Crippen LogP contribution in [0.3, 0.4) is 0 Å². The number of halogens is 1. The Morgan fingerprint density at radius 1 is 1.43 bits per heavy atom. The van der Waals surface area contributed by atoms with E-state index < -0.39 is 28.0 Å². The van der Waals surface area contributed by atoms with Crippen molar-refractivity contribution in [3.05, 3.63) is 28.8 Å². The normalized spacial score (nSPS) is 22.7. The predicted molar refractivity (Wildman–Crippen MR) is 76.9 cm³/mol. The minimum Gasteiger partial charge on any atom is -0.481 e. The van der Waals surface area contributed by atoms with E-state index in [4.69, 9.17) is 21.4 Å². The van der Waals surface area contributed by atoms with Gasteiger partial charge in [0.1, 0.15) is 0 Å². The van der Waals surface area contributed by atoms with Crippen molar-refractivity contribution in [2.75, 3.05) is 20.3 Å². The van der Waals surface area contributed by atoms with Gasteiger partial charge in [-0.25, -0.2) is 8.42 Å². The summed E-state index contributed by atoms with van der Waals surface area (Å²) in [6.07, 6.45) is 0. The second kappa shape index (κ2) is 5.92. The number of nitrogens with zero attached hydrogens (tertiary/aromatic N) is 1. The third-order valence-corrected chi connectivity index (χ3v) is 6.15. The van der Waals surface area contributed by atoms with Crippen LogP contribution in [0.4, 0.5) is 0 Å². The molecule has 0 bridgehead atoms. The number of likely N-dealkylation sites (N-methyl/N-ethyl adjacent to an activating group) is 1. The first kappa shape index (κ1) is 16.2. The Kier molecular flexibility index (Phi) is 4.57. The van der Waals surface area contributed by atoms with Gasteiger partial charge in [0.15, 0.2) is 0 Å². The van der Waals surface area contributed by atoms with Crippen LogP contribution in [0.25, 0.3) is 0 Å². The monoisotopic (exact) mass is 333 g/mol. The van der Waals surface area contributed by atoms with Crippen LogP contribution in [0.5, 0.6) is 0 Å². The SMILES string of the molecule is Cc1c(Cl)cccc1S(=O)(=O)N(C)C1COCC1C(=O)O. The Morgan fingerprint density at radius 2 is 2.10 bits per heavy atom. The van der Waals surface area contributed by atoms with Gasteiger partial charge in [0.05, 0.1) is 30.1 Å². The summed E-state index contributed by atoms with van der Waals surface area (Å²) in [5.74, 6) is -1.94. The standard InChI is InChI=1S/C13H16ClNO5S/c1-8-10(14)4-3-5-12(8)21(18,19)15(2)11-7-20-6-9(11)13(16)17/h3-5,9,11H,6-7H2,1-2H3,(H,16,17). The van der Waals surface area contributed by atoms with Crippen molar-refractivity contribution in [1.29, 1.82) is 0 Å². The number of rotatable bonds is 4. The first-order chi connectivity index (χ1) is 9.76. The first-order valence-electron chi connectivity index (χ1n) is 6.30. The Morgan fingerprint density at radius 3 is 2.71 bits per heavy atom. The number of aliphatic carboxylic acids is 1.